The third-order valence-electron chi connectivity index (χ3n) is 5.32. The highest BCUT2D eigenvalue weighted by atomic mass is 35.5. The van der Waals surface area contributed by atoms with Gasteiger partial charge in [0, 0.05) is 29.7 Å². The zero-order valence-electron chi connectivity index (χ0n) is 16.9. The minimum atomic E-state index is -0.113. The van der Waals surface area contributed by atoms with Gasteiger partial charge in [-0.1, -0.05) is 42.8 Å². The maximum atomic E-state index is 13.0. The number of benzene rings is 2. The van der Waals surface area contributed by atoms with Crippen LogP contribution in [-0.4, -0.2) is 48.0 Å². The Hall–Kier alpha value is -1.88. The molecule has 0 saturated carbocycles. The summed E-state index contributed by atoms with van der Waals surface area (Å²) < 4.78 is 5.88. The summed E-state index contributed by atoms with van der Waals surface area (Å²) in [6.45, 7) is 10.2. The first kappa shape index (κ1) is 20.8. The summed E-state index contributed by atoms with van der Waals surface area (Å²) in [7, 11) is 0. The minimum absolute atomic E-state index is 0.0602. The number of carbonyl (C=O) groups excluding carboxylic acids is 1. The molecular formula is C23H29ClN2O2. The molecular weight excluding hydrogens is 372 g/mol. The zero-order valence-corrected chi connectivity index (χ0v) is 17.7. The van der Waals surface area contributed by atoms with Crippen LogP contribution in [-0.2, 0) is 11.3 Å². The molecule has 3 rings (SSSR count). The van der Waals surface area contributed by atoms with Crippen molar-refractivity contribution in [3.8, 4) is 0 Å². The molecule has 1 aliphatic rings. The molecule has 5 heteroatoms. The number of halogens is 1. The molecule has 0 aliphatic carbocycles. The molecule has 1 amide bonds. The highest BCUT2D eigenvalue weighted by Crippen LogP contribution is 2.24. The predicted molar refractivity (Wildman–Crippen MR) is 114 cm³/mol. The van der Waals surface area contributed by atoms with Crippen LogP contribution in [0.25, 0.3) is 0 Å². The van der Waals surface area contributed by atoms with Gasteiger partial charge < -0.3 is 9.64 Å². The van der Waals surface area contributed by atoms with Crippen molar-refractivity contribution in [3.63, 3.8) is 0 Å². The van der Waals surface area contributed by atoms with E-state index in [1.165, 1.54) is 5.56 Å². The molecule has 0 N–H and O–H groups in total. The van der Waals surface area contributed by atoms with Gasteiger partial charge in [0.2, 0.25) is 0 Å². The summed E-state index contributed by atoms with van der Waals surface area (Å²) >= 11 is 5.97. The number of hydrogen-bond acceptors (Lipinski definition) is 3. The fourth-order valence-electron chi connectivity index (χ4n) is 3.54. The van der Waals surface area contributed by atoms with E-state index in [4.69, 9.17) is 16.3 Å². The maximum absolute atomic E-state index is 13.0. The van der Waals surface area contributed by atoms with Crippen molar-refractivity contribution < 1.29 is 9.53 Å². The van der Waals surface area contributed by atoms with Crippen LogP contribution >= 0.6 is 11.6 Å². The van der Waals surface area contributed by atoms with Gasteiger partial charge in [-0.05, 0) is 55.8 Å². The Morgan fingerprint density at radius 2 is 1.86 bits per heavy atom. The normalized spacial score (nSPS) is 17.4. The lowest BCUT2D eigenvalue weighted by atomic mass is 10.1. The van der Waals surface area contributed by atoms with Crippen LogP contribution in [0.3, 0.4) is 0 Å². The van der Waals surface area contributed by atoms with Gasteiger partial charge >= 0.3 is 0 Å². The second kappa shape index (κ2) is 9.55. The van der Waals surface area contributed by atoms with Gasteiger partial charge in [0.15, 0.2) is 0 Å². The maximum Gasteiger partial charge on any atom is 0.254 e. The van der Waals surface area contributed by atoms with Crippen LogP contribution in [0.2, 0.25) is 5.02 Å². The third-order valence-corrected chi connectivity index (χ3v) is 5.57. The topological polar surface area (TPSA) is 32.8 Å². The molecule has 1 saturated heterocycles. The largest absolute Gasteiger partial charge is 0.370 e. The fraction of sp³-hybridized carbons (Fsp3) is 0.435. The molecule has 0 aromatic heterocycles. The number of ether oxygens (including phenoxy) is 1. The molecule has 2 aromatic carbocycles. The van der Waals surface area contributed by atoms with E-state index >= 15 is 0 Å². The molecule has 1 aliphatic heterocycles. The summed E-state index contributed by atoms with van der Waals surface area (Å²) in [6.07, 6.45) is -0.113. The average molecular weight is 401 g/mol. The van der Waals surface area contributed by atoms with Crippen molar-refractivity contribution in [1.82, 2.24) is 9.80 Å². The highest BCUT2D eigenvalue weighted by molar-refractivity contribution is 6.30. The van der Waals surface area contributed by atoms with Crippen LogP contribution in [0, 0.1) is 0 Å². The van der Waals surface area contributed by atoms with Crippen molar-refractivity contribution in [1.29, 1.82) is 0 Å². The number of rotatable bonds is 6. The van der Waals surface area contributed by atoms with Crippen molar-refractivity contribution in [2.75, 3.05) is 26.2 Å². The Labute approximate surface area is 173 Å². The van der Waals surface area contributed by atoms with Gasteiger partial charge in [0.05, 0.1) is 13.2 Å². The molecule has 1 atom stereocenters. The lowest BCUT2D eigenvalue weighted by Crippen LogP contribution is -2.42. The van der Waals surface area contributed by atoms with Crippen LogP contribution in [0.4, 0.5) is 0 Å². The van der Waals surface area contributed by atoms with Crippen LogP contribution in [0.1, 0.15) is 48.4 Å². The average Bonchev–Trinajstić information content (AvgIpc) is 2.72. The van der Waals surface area contributed by atoms with Crippen LogP contribution in [0.5, 0.6) is 0 Å². The molecule has 0 spiro atoms. The first-order chi connectivity index (χ1) is 13.5. The summed E-state index contributed by atoms with van der Waals surface area (Å²) in [6, 6.07) is 16.2. The molecule has 4 nitrogen and oxygen atoms in total. The van der Waals surface area contributed by atoms with E-state index in [1.807, 2.05) is 41.3 Å². The second-order valence-corrected chi connectivity index (χ2v) is 7.95. The van der Waals surface area contributed by atoms with Crippen molar-refractivity contribution >= 4 is 17.5 Å². The standard InChI is InChI=1S/C23H29ClN2O2/c1-4-25(17(2)3)15-18-5-7-20(8-6-18)23(27)26-13-14-28-22(16-26)19-9-11-21(24)12-10-19/h5-12,17,22H,4,13-16H2,1-3H3. The third kappa shape index (κ3) is 5.13. The van der Waals surface area contributed by atoms with Crippen molar-refractivity contribution in [3.05, 3.63) is 70.2 Å². The van der Waals surface area contributed by atoms with Gasteiger partial charge in [-0.15, -0.1) is 0 Å². The SMILES string of the molecule is CCN(Cc1ccc(C(=O)N2CCOC(c3ccc(Cl)cc3)C2)cc1)C(C)C. The van der Waals surface area contributed by atoms with Gasteiger partial charge in [-0.25, -0.2) is 0 Å². The number of nitrogens with zero attached hydrogens (tertiary/aromatic N) is 2. The lowest BCUT2D eigenvalue weighted by Gasteiger charge is -2.33. The molecule has 28 heavy (non-hydrogen) atoms. The Bertz CT molecular complexity index is 774. The second-order valence-electron chi connectivity index (χ2n) is 7.52. The van der Waals surface area contributed by atoms with E-state index in [0.29, 0.717) is 30.8 Å². The van der Waals surface area contributed by atoms with E-state index in [-0.39, 0.29) is 12.0 Å². The predicted octanol–water partition coefficient (Wildman–Crippen LogP) is 4.78. The first-order valence-corrected chi connectivity index (χ1v) is 10.3. The minimum Gasteiger partial charge on any atom is -0.370 e. The summed E-state index contributed by atoms with van der Waals surface area (Å²) in [5.41, 5.74) is 3.01. The monoisotopic (exact) mass is 400 g/mol. The molecule has 0 radical (unpaired) electrons. The smallest absolute Gasteiger partial charge is 0.254 e. The molecule has 1 unspecified atom stereocenters. The van der Waals surface area contributed by atoms with Gasteiger partial charge in [0.1, 0.15) is 6.10 Å². The van der Waals surface area contributed by atoms with E-state index in [9.17, 15) is 4.79 Å². The lowest BCUT2D eigenvalue weighted by molar-refractivity contribution is -0.0228. The highest BCUT2D eigenvalue weighted by Gasteiger charge is 2.26. The Morgan fingerprint density at radius 1 is 1.18 bits per heavy atom. The number of hydrogen-bond donors (Lipinski definition) is 0. The van der Waals surface area contributed by atoms with E-state index in [1.54, 1.807) is 0 Å². The van der Waals surface area contributed by atoms with E-state index < -0.39 is 0 Å². The molecule has 0 bridgehead atoms. The van der Waals surface area contributed by atoms with Gasteiger partial charge in [-0.3, -0.25) is 9.69 Å². The van der Waals surface area contributed by atoms with E-state index in [0.717, 1.165) is 24.2 Å². The molecule has 150 valence electrons. The Kier molecular flexibility index (Phi) is 7.11. The summed E-state index contributed by atoms with van der Waals surface area (Å²) in [5.74, 6) is 0.0602. The summed E-state index contributed by atoms with van der Waals surface area (Å²) in [4.78, 5) is 17.2. The van der Waals surface area contributed by atoms with Crippen molar-refractivity contribution in [2.24, 2.45) is 0 Å². The first-order valence-electron chi connectivity index (χ1n) is 9.97. The Balaban J connectivity index is 1.65. The number of morpholine rings is 1. The summed E-state index contributed by atoms with van der Waals surface area (Å²) in [5, 5.41) is 0.701. The van der Waals surface area contributed by atoms with Gasteiger partial charge in [0.25, 0.3) is 5.91 Å². The van der Waals surface area contributed by atoms with Crippen molar-refractivity contribution in [2.45, 2.75) is 39.5 Å². The quantitative estimate of drug-likeness (QED) is 0.699. The Morgan fingerprint density at radius 3 is 2.46 bits per heavy atom. The van der Waals surface area contributed by atoms with Crippen LogP contribution in [0.15, 0.2) is 48.5 Å². The fourth-order valence-corrected chi connectivity index (χ4v) is 3.67. The number of carbonyl (C=O) groups is 1. The van der Waals surface area contributed by atoms with Crippen LogP contribution < -0.4 is 0 Å². The molecule has 1 fully saturated rings. The number of amides is 1. The molecule has 2 aromatic rings. The van der Waals surface area contributed by atoms with Gasteiger partial charge in [-0.2, -0.15) is 0 Å². The molecule has 1 heterocycles. The zero-order chi connectivity index (χ0) is 20.1. The van der Waals surface area contributed by atoms with E-state index in [2.05, 4.69) is 37.8 Å².